The molecule has 120 valence electrons. The Balaban J connectivity index is 2.41. The summed E-state index contributed by atoms with van der Waals surface area (Å²) in [6, 6.07) is 8.19. The lowest BCUT2D eigenvalue weighted by Gasteiger charge is -2.22. The fourth-order valence-corrected chi connectivity index (χ4v) is 3.05. The summed E-state index contributed by atoms with van der Waals surface area (Å²) in [4.78, 5) is 12.3. The molecule has 1 aromatic rings. The van der Waals surface area contributed by atoms with E-state index in [4.69, 9.17) is 15.3 Å². The second-order valence-corrected chi connectivity index (χ2v) is 5.62. The quantitative estimate of drug-likeness (QED) is 0.796. The first-order chi connectivity index (χ1) is 10.9. The van der Waals surface area contributed by atoms with Crippen LogP contribution in [0.1, 0.15) is 48.8 Å². The monoisotopic (exact) mass is 318 g/mol. The van der Waals surface area contributed by atoms with E-state index >= 15 is 0 Å². The molecule has 0 spiro atoms. The maximum atomic E-state index is 13.5. The minimum Gasteiger partial charge on any atom is -0.466 e. The summed E-state index contributed by atoms with van der Waals surface area (Å²) in [6.45, 7) is 1.80. The van der Waals surface area contributed by atoms with Crippen LogP contribution in [0.4, 0.5) is 8.78 Å². The van der Waals surface area contributed by atoms with E-state index in [0.717, 1.165) is 0 Å². The van der Waals surface area contributed by atoms with Crippen molar-refractivity contribution in [1.82, 2.24) is 0 Å². The number of nitrogens with zero attached hydrogens (tertiary/aromatic N) is 2. The smallest absolute Gasteiger partial charge is 0.313 e. The van der Waals surface area contributed by atoms with Gasteiger partial charge in [0.1, 0.15) is 12.1 Å². The summed E-state index contributed by atoms with van der Waals surface area (Å²) in [5.74, 6) is -4.73. The topological polar surface area (TPSA) is 73.9 Å². The molecule has 2 atom stereocenters. The number of hydrogen-bond donors (Lipinski definition) is 0. The highest BCUT2D eigenvalue weighted by Gasteiger charge is 2.45. The second kappa shape index (κ2) is 6.75. The summed E-state index contributed by atoms with van der Waals surface area (Å²) < 4.78 is 32.1. The van der Waals surface area contributed by atoms with E-state index in [1.165, 1.54) is 18.2 Å². The lowest BCUT2D eigenvalue weighted by Crippen LogP contribution is -2.24. The third-order valence-corrected chi connectivity index (χ3v) is 4.10. The van der Waals surface area contributed by atoms with Crippen molar-refractivity contribution in [2.45, 2.75) is 38.0 Å². The molecule has 2 unspecified atom stereocenters. The number of carbonyl (C=O) groups excluding carboxylic acids is 1. The van der Waals surface area contributed by atoms with Crippen LogP contribution in [0.5, 0.6) is 0 Å². The number of alkyl halides is 2. The number of hydrogen-bond acceptors (Lipinski definition) is 4. The highest BCUT2D eigenvalue weighted by molar-refractivity contribution is 5.79. The van der Waals surface area contributed by atoms with Crippen LogP contribution in [-0.4, -0.2) is 18.5 Å². The van der Waals surface area contributed by atoms with E-state index in [-0.39, 0.29) is 37.0 Å². The van der Waals surface area contributed by atoms with Gasteiger partial charge in [-0.05, 0) is 37.0 Å². The second-order valence-electron chi connectivity index (χ2n) is 5.62. The fraction of sp³-hybridized carbons (Fsp3) is 0.471. The highest BCUT2D eigenvalue weighted by Crippen LogP contribution is 2.46. The molecule has 1 aliphatic rings. The minimum atomic E-state index is -2.78. The Bertz CT molecular complexity index is 689. The van der Waals surface area contributed by atoms with Crippen molar-refractivity contribution in [3.63, 3.8) is 0 Å². The highest BCUT2D eigenvalue weighted by atomic mass is 19.3. The summed E-state index contributed by atoms with van der Waals surface area (Å²) in [5.41, 5.74) is 0.765. The summed E-state index contributed by atoms with van der Waals surface area (Å²) in [7, 11) is 0. The number of nitriles is 2. The molecule has 0 bridgehead atoms. The van der Waals surface area contributed by atoms with Crippen LogP contribution in [0, 0.1) is 28.6 Å². The van der Waals surface area contributed by atoms with Gasteiger partial charge in [0.2, 0.25) is 5.92 Å². The molecule has 23 heavy (non-hydrogen) atoms. The predicted molar refractivity (Wildman–Crippen MR) is 77.5 cm³/mol. The predicted octanol–water partition coefficient (Wildman–Crippen LogP) is 3.51. The Labute approximate surface area is 133 Å². The molecule has 4 nitrogen and oxygen atoms in total. The van der Waals surface area contributed by atoms with Crippen LogP contribution >= 0.6 is 0 Å². The van der Waals surface area contributed by atoms with Gasteiger partial charge in [0.05, 0.1) is 23.7 Å². The van der Waals surface area contributed by atoms with Crippen LogP contribution in [0.2, 0.25) is 0 Å². The lowest BCUT2D eigenvalue weighted by atomic mass is 9.83. The number of esters is 1. The number of carbonyl (C=O) groups is 1. The molecule has 0 radical (unpaired) electrons. The average molecular weight is 318 g/mol. The van der Waals surface area contributed by atoms with Crippen LogP contribution in [0.15, 0.2) is 18.2 Å². The van der Waals surface area contributed by atoms with Crippen LogP contribution in [0.3, 0.4) is 0 Å². The molecule has 0 amide bonds. The van der Waals surface area contributed by atoms with Gasteiger partial charge in [-0.2, -0.15) is 10.5 Å². The van der Waals surface area contributed by atoms with Crippen molar-refractivity contribution < 1.29 is 18.3 Å². The van der Waals surface area contributed by atoms with Gasteiger partial charge in [-0.3, -0.25) is 4.79 Å². The van der Waals surface area contributed by atoms with Gasteiger partial charge in [0.25, 0.3) is 0 Å². The molecule has 0 heterocycles. The third-order valence-electron chi connectivity index (χ3n) is 4.10. The molecule has 1 aliphatic carbocycles. The van der Waals surface area contributed by atoms with Gasteiger partial charge in [0, 0.05) is 12.8 Å². The Hall–Kier alpha value is -2.47. The number of halogens is 2. The summed E-state index contributed by atoms with van der Waals surface area (Å²) in [5, 5.41) is 18.1. The van der Waals surface area contributed by atoms with Crippen molar-refractivity contribution in [3.8, 4) is 12.1 Å². The largest absolute Gasteiger partial charge is 0.466 e. The number of ether oxygens (including phenoxy) is 1. The Morgan fingerprint density at radius 3 is 2.61 bits per heavy atom. The fourth-order valence-electron chi connectivity index (χ4n) is 3.05. The van der Waals surface area contributed by atoms with Gasteiger partial charge in [-0.15, -0.1) is 0 Å². The Morgan fingerprint density at radius 2 is 2.09 bits per heavy atom. The maximum Gasteiger partial charge on any atom is 0.313 e. The Kier molecular flexibility index (Phi) is 4.95. The molecule has 0 aromatic heterocycles. The van der Waals surface area contributed by atoms with Gasteiger partial charge in [0.15, 0.2) is 0 Å². The SMILES string of the molecule is CCOC(=O)C(c1ccc(C#N)c(C#N)c1)C1CCC(F)(F)C1. The van der Waals surface area contributed by atoms with Crippen LogP contribution in [0.25, 0.3) is 0 Å². The van der Waals surface area contributed by atoms with Gasteiger partial charge in [-0.1, -0.05) is 6.07 Å². The molecule has 0 aliphatic heterocycles. The minimum absolute atomic E-state index is 0.129. The molecule has 2 rings (SSSR count). The van der Waals surface area contributed by atoms with Crippen molar-refractivity contribution in [2.24, 2.45) is 5.92 Å². The first-order valence-corrected chi connectivity index (χ1v) is 7.40. The normalized spacial score (nSPS) is 20.3. The number of benzene rings is 1. The average Bonchev–Trinajstić information content (AvgIpc) is 2.87. The van der Waals surface area contributed by atoms with Gasteiger partial charge >= 0.3 is 5.97 Å². The van der Waals surface area contributed by atoms with E-state index in [2.05, 4.69) is 0 Å². The zero-order chi connectivity index (χ0) is 17.0. The van der Waals surface area contributed by atoms with E-state index in [0.29, 0.717) is 5.56 Å². The summed E-state index contributed by atoms with van der Waals surface area (Å²) >= 11 is 0. The van der Waals surface area contributed by atoms with Gasteiger partial charge in [-0.25, -0.2) is 8.78 Å². The van der Waals surface area contributed by atoms with E-state index < -0.39 is 23.7 Å². The number of rotatable bonds is 4. The van der Waals surface area contributed by atoms with Crippen molar-refractivity contribution in [1.29, 1.82) is 10.5 Å². The molecule has 1 fully saturated rings. The third kappa shape index (κ3) is 3.65. The van der Waals surface area contributed by atoms with E-state index in [9.17, 15) is 13.6 Å². The first-order valence-electron chi connectivity index (χ1n) is 7.40. The zero-order valence-electron chi connectivity index (χ0n) is 12.7. The molecule has 1 aromatic carbocycles. The standard InChI is InChI=1S/C17H16F2N2O2/c1-2-23-16(22)15(12-5-6-17(18,19)8-12)11-3-4-13(9-20)14(7-11)10-21/h3-4,7,12,15H,2,5-6,8H2,1H3. The Morgan fingerprint density at radius 1 is 1.39 bits per heavy atom. The molecular weight excluding hydrogens is 302 g/mol. The van der Waals surface area contributed by atoms with Crippen molar-refractivity contribution in [2.75, 3.05) is 6.61 Å². The first kappa shape index (κ1) is 16.9. The van der Waals surface area contributed by atoms with E-state index in [1.807, 2.05) is 12.1 Å². The summed E-state index contributed by atoms with van der Waals surface area (Å²) in [6.07, 6.45) is -0.411. The molecule has 1 saturated carbocycles. The molecule has 0 saturated heterocycles. The van der Waals surface area contributed by atoms with Crippen molar-refractivity contribution in [3.05, 3.63) is 34.9 Å². The molecule has 0 N–H and O–H groups in total. The van der Waals surface area contributed by atoms with Crippen molar-refractivity contribution >= 4 is 5.97 Å². The van der Waals surface area contributed by atoms with Crippen LogP contribution < -0.4 is 0 Å². The zero-order valence-corrected chi connectivity index (χ0v) is 12.7. The van der Waals surface area contributed by atoms with Crippen LogP contribution in [-0.2, 0) is 9.53 Å². The van der Waals surface area contributed by atoms with E-state index in [1.54, 1.807) is 6.92 Å². The lowest BCUT2D eigenvalue weighted by molar-refractivity contribution is -0.146. The maximum absolute atomic E-state index is 13.5. The van der Waals surface area contributed by atoms with Gasteiger partial charge < -0.3 is 4.74 Å². The molecule has 6 heteroatoms. The molecular formula is C17H16F2N2O2.